The van der Waals surface area contributed by atoms with Crippen molar-refractivity contribution >= 4 is 132 Å². The molecule has 0 fully saturated rings. The maximum Gasteiger partial charge on any atom is 0.0789 e. The number of fused-ring (bicyclic) bond motifs is 16. The van der Waals surface area contributed by atoms with Gasteiger partial charge in [-0.2, -0.15) is 0 Å². The van der Waals surface area contributed by atoms with Gasteiger partial charge in [0.1, 0.15) is 0 Å². The maximum absolute atomic E-state index is 2.60. The van der Waals surface area contributed by atoms with Gasteiger partial charge in [0.25, 0.3) is 0 Å². The molecule has 0 amide bonds. The van der Waals surface area contributed by atoms with Crippen molar-refractivity contribution in [1.29, 1.82) is 0 Å². The molecule has 0 saturated carbocycles. The van der Waals surface area contributed by atoms with Crippen molar-refractivity contribution in [3.63, 3.8) is 0 Å². The Labute approximate surface area is 379 Å². The maximum atomic E-state index is 2.60. The fourth-order valence-corrected chi connectivity index (χ4v) is 11.6. The molecular weight excluding hydrogens is 801 g/mol. The first-order chi connectivity index (χ1) is 32.8. The summed E-state index contributed by atoms with van der Waals surface area (Å²) in [5.41, 5.74) is 14.1. The molecule has 15 aromatic rings. The van der Waals surface area contributed by atoms with Gasteiger partial charge in [-0.25, -0.2) is 0 Å². The highest BCUT2D eigenvalue weighted by molar-refractivity contribution is 6.36. The molecule has 0 radical (unpaired) electrons. The number of hydrogen-bond acceptors (Lipinski definition) is 2. The van der Waals surface area contributed by atoms with Crippen molar-refractivity contribution in [2.75, 3.05) is 9.80 Å². The van der Waals surface area contributed by atoms with E-state index in [0.29, 0.717) is 0 Å². The van der Waals surface area contributed by atoms with Crippen LogP contribution in [0.4, 0.5) is 34.1 Å². The Morgan fingerprint density at radius 3 is 1.27 bits per heavy atom. The first kappa shape index (κ1) is 35.6. The number of para-hydroxylation sites is 6. The van der Waals surface area contributed by atoms with E-state index >= 15 is 0 Å². The van der Waals surface area contributed by atoms with Crippen LogP contribution >= 0.6 is 0 Å². The molecule has 15 rings (SSSR count). The van der Waals surface area contributed by atoms with E-state index in [2.05, 4.69) is 249 Å². The van der Waals surface area contributed by atoms with Gasteiger partial charge in [-0.05, 0) is 100 Å². The van der Waals surface area contributed by atoms with Crippen LogP contribution < -0.4 is 9.80 Å². The fourth-order valence-electron chi connectivity index (χ4n) is 11.6. The number of rotatable bonds is 6. The van der Waals surface area contributed by atoms with Crippen LogP contribution in [0.25, 0.3) is 97.7 Å². The summed E-state index contributed by atoms with van der Waals surface area (Å²) < 4.78 is 5.19. The van der Waals surface area contributed by atoms with Gasteiger partial charge >= 0.3 is 0 Å². The molecule has 306 valence electrons. The summed E-state index contributed by atoms with van der Waals surface area (Å²) in [7, 11) is 0. The van der Waals surface area contributed by atoms with Gasteiger partial charge in [0.15, 0.2) is 0 Å². The van der Waals surface area contributed by atoms with Crippen LogP contribution in [0.15, 0.2) is 231 Å². The quantitative estimate of drug-likeness (QED) is 0.166. The molecule has 0 aliphatic heterocycles. The van der Waals surface area contributed by atoms with Gasteiger partial charge in [0.05, 0.1) is 44.5 Å². The molecule has 0 atom stereocenters. The van der Waals surface area contributed by atoms with Gasteiger partial charge in [-0.3, -0.25) is 0 Å². The van der Waals surface area contributed by atoms with Crippen molar-refractivity contribution < 1.29 is 0 Å². The predicted octanol–water partition coefficient (Wildman–Crippen LogP) is 17.2. The monoisotopic (exact) mass is 838 g/mol. The molecule has 66 heavy (non-hydrogen) atoms. The Hall–Kier alpha value is -8.86. The molecule has 0 spiro atoms. The van der Waals surface area contributed by atoms with Crippen LogP contribution in [-0.4, -0.2) is 8.80 Å². The first-order valence-electron chi connectivity index (χ1n) is 22.8. The molecule has 0 aliphatic rings. The van der Waals surface area contributed by atoms with Crippen LogP contribution in [0.5, 0.6) is 0 Å². The average molecular weight is 839 g/mol. The minimum absolute atomic E-state index is 1.12. The molecule has 0 saturated heterocycles. The molecule has 0 aliphatic carbocycles. The molecule has 4 aromatic heterocycles. The van der Waals surface area contributed by atoms with Crippen molar-refractivity contribution in [2.45, 2.75) is 0 Å². The Kier molecular flexibility index (Phi) is 7.19. The van der Waals surface area contributed by atoms with E-state index in [9.17, 15) is 0 Å². The van der Waals surface area contributed by atoms with Gasteiger partial charge < -0.3 is 18.6 Å². The molecule has 11 aromatic carbocycles. The van der Waals surface area contributed by atoms with E-state index < -0.39 is 0 Å². The zero-order chi connectivity index (χ0) is 43.0. The van der Waals surface area contributed by atoms with E-state index in [4.69, 9.17) is 0 Å². The molecule has 4 nitrogen and oxygen atoms in total. The van der Waals surface area contributed by atoms with Gasteiger partial charge in [0, 0.05) is 65.8 Å². The normalized spacial score (nSPS) is 12.2. The third-order valence-corrected chi connectivity index (χ3v) is 14.2. The summed E-state index contributed by atoms with van der Waals surface area (Å²) in [5, 5.41) is 15.1. The summed E-state index contributed by atoms with van der Waals surface area (Å²) in [6, 6.07) is 84.8. The number of aromatic nitrogens is 2. The molecular formula is C62H38N4. The van der Waals surface area contributed by atoms with E-state index in [1.807, 2.05) is 0 Å². The van der Waals surface area contributed by atoms with E-state index in [1.165, 1.54) is 97.7 Å². The lowest BCUT2D eigenvalue weighted by Gasteiger charge is -2.27. The van der Waals surface area contributed by atoms with Crippen LogP contribution in [0, 0.1) is 0 Å². The van der Waals surface area contributed by atoms with Crippen LogP contribution in [0.3, 0.4) is 0 Å². The zero-order valence-electron chi connectivity index (χ0n) is 35.7. The Bertz CT molecular complexity index is 4300. The number of anilines is 6. The summed E-state index contributed by atoms with van der Waals surface area (Å²) in [6.45, 7) is 0. The van der Waals surface area contributed by atoms with Crippen molar-refractivity contribution in [2.24, 2.45) is 0 Å². The van der Waals surface area contributed by atoms with Gasteiger partial charge in [-0.15, -0.1) is 0 Å². The first-order valence-corrected chi connectivity index (χ1v) is 22.8. The molecule has 4 heteroatoms. The van der Waals surface area contributed by atoms with Crippen LogP contribution in [0.2, 0.25) is 0 Å². The summed E-state index contributed by atoms with van der Waals surface area (Å²) in [4.78, 5) is 4.87. The lowest BCUT2D eigenvalue weighted by atomic mass is 9.98. The Morgan fingerprint density at radius 2 is 0.667 bits per heavy atom. The minimum Gasteiger partial charge on any atom is -0.308 e. The fraction of sp³-hybridized carbons (Fsp3) is 0. The minimum atomic E-state index is 1.12. The average Bonchev–Trinajstić information content (AvgIpc) is 4.11. The second-order valence-electron chi connectivity index (χ2n) is 17.7. The second-order valence-corrected chi connectivity index (χ2v) is 17.7. The SMILES string of the molecule is c1ccc(N(c2ccccc2)c2cc3ccccc3c3c4cccc5c6cc7c(cc6n(c23)c54)c2c3ccccc3cc3c4cccc(N(c5ccccc5)c5ccccc5)c4n7c32)cc1. The highest BCUT2D eigenvalue weighted by atomic mass is 15.2. The van der Waals surface area contributed by atoms with E-state index in [0.717, 1.165) is 34.1 Å². The van der Waals surface area contributed by atoms with Crippen LogP contribution in [-0.2, 0) is 0 Å². The predicted molar refractivity (Wildman–Crippen MR) is 280 cm³/mol. The van der Waals surface area contributed by atoms with Crippen molar-refractivity contribution in [3.05, 3.63) is 231 Å². The second kappa shape index (κ2) is 13.3. The Balaban J connectivity index is 1.14. The topological polar surface area (TPSA) is 15.3 Å². The van der Waals surface area contributed by atoms with Gasteiger partial charge in [0.2, 0.25) is 0 Å². The Morgan fingerprint density at radius 1 is 0.242 bits per heavy atom. The van der Waals surface area contributed by atoms with E-state index in [-0.39, 0.29) is 0 Å². The van der Waals surface area contributed by atoms with Crippen molar-refractivity contribution in [3.8, 4) is 0 Å². The lowest BCUT2D eigenvalue weighted by Crippen LogP contribution is -2.11. The zero-order valence-corrected chi connectivity index (χ0v) is 35.7. The third kappa shape index (κ3) is 4.72. The van der Waals surface area contributed by atoms with Crippen molar-refractivity contribution in [1.82, 2.24) is 8.80 Å². The molecule has 0 unspecified atom stereocenters. The van der Waals surface area contributed by atoms with Crippen LogP contribution in [0.1, 0.15) is 0 Å². The largest absolute Gasteiger partial charge is 0.308 e. The molecule has 4 heterocycles. The highest BCUT2D eigenvalue weighted by Crippen LogP contribution is 2.52. The van der Waals surface area contributed by atoms with E-state index in [1.54, 1.807) is 0 Å². The molecule has 0 bridgehead atoms. The summed E-state index contributed by atoms with van der Waals surface area (Å²) in [6.07, 6.45) is 0. The summed E-state index contributed by atoms with van der Waals surface area (Å²) in [5.74, 6) is 0. The number of benzene rings is 11. The number of nitrogens with zero attached hydrogens (tertiary/aromatic N) is 4. The van der Waals surface area contributed by atoms with Gasteiger partial charge in [-0.1, -0.05) is 152 Å². The molecule has 0 N–H and O–H groups in total. The number of hydrogen-bond donors (Lipinski definition) is 0. The third-order valence-electron chi connectivity index (χ3n) is 14.2. The lowest BCUT2D eigenvalue weighted by molar-refractivity contribution is 1.27. The summed E-state index contributed by atoms with van der Waals surface area (Å²) >= 11 is 0. The highest BCUT2D eigenvalue weighted by Gasteiger charge is 2.29. The standard InChI is InChI=1S/C62H38N4/c1-5-21-41(22-6-1)63(42-23-7-2-8-24-42)53-34-18-32-48-51-35-39-19-13-15-29-45(39)58-52-38-54-50(37-55(52)66(60(48)53)61(51)58)47-31-17-33-49-57-46-30-16-14-20-40(46)36-56(62(57)65(54)59(47)49)64(43-25-9-3-10-26-43)44-27-11-4-12-28-44/h1-38H. The smallest absolute Gasteiger partial charge is 0.0789 e.